The maximum absolute atomic E-state index is 13.6. The number of carbonyl (C=O) groups excluding carboxylic acids is 1. The van der Waals surface area contributed by atoms with Crippen LogP contribution in [0.2, 0.25) is 0 Å². The number of hydrogen-bond donors (Lipinski definition) is 1. The van der Waals surface area contributed by atoms with Crippen LogP contribution in [0.3, 0.4) is 0 Å². The summed E-state index contributed by atoms with van der Waals surface area (Å²) in [5, 5.41) is 2.83. The summed E-state index contributed by atoms with van der Waals surface area (Å²) < 4.78 is 44.1. The molecular weight excluding hydrogens is 480 g/mol. The van der Waals surface area contributed by atoms with E-state index in [1.807, 2.05) is 31.2 Å². The molecule has 0 atom stereocenters. The summed E-state index contributed by atoms with van der Waals surface area (Å²) in [5.41, 5.74) is 2.32. The van der Waals surface area contributed by atoms with Crippen molar-refractivity contribution in [2.45, 2.75) is 24.7 Å². The summed E-state index contributed by atoms with van der Waals surface area (Å²) in [4.78, 5) is 12.9. The van der Waals surface area contributed by atoms with Gasteiger partial charge in [-0.2, -0.15) is 0 Å². The van der Waals surface area contributed by atoms with Gasteiger partial charge >= 0.3 is 0 Å². The number of rotatable bonds is 12. The Labute approximate surface area is 212 Å². The summed E-state index contributed by atoms with van der Waals surface area (Å²) in [7, 11) is 0.555. The van der Waals surface area contributed by atoms with Gasteiger partial charge in [0.25, 0.3) is 10.0 Å². The number of nitrogens with one attached hydrogen (secondary N) is 1. The van der Waals surface area contributed by atoms with Crippen LogP contribution in [0.25, 0.3) is 0 Å². The molecule has 0 fully saturated rings. The molecule has 192 valence electrons. The van der Waals surface area contributed by atoms with Gasteiger partial charge in [-0.1, -0.05) is 29.8 Å². The number of anilines is 1. The molecule has 0 bridgehead atoms. The van der Waals surface area contributed by atoms with Gasteiger partial charge in [-0.25, -0.2) is 8.42 Å². The lowest BCUT2D eigenvalue weighted by Gasteiger charge is -2.25. The molecule has 1 N–H and O–H groups in total. The lowest BCUT2D eigenvalue weighted by atomic mass is 10.1. The Morgan fingerprint density at radius 1 is 0.889 bits per heavy atom. The number of nitrogens with zero attached hydrogens (tertiary/aromatic N) is 1. The van der Waals surface area contributed by atoms with Gasteiger partial charge in [-0.05, 0) is 61.7 Å². The van der Waals surface area contributed by atoms with Crippen LogP contribution in [0.4, 0.5) is 5.69 Å². The fraction of sp³-hybridized carbons (Fsp3) is 0.296. The summed E-state index contributed by atoms with van der Waals surface area (Å²) >= 11 is 0. The third-order valence-corrected chi connectivity index (χ3v) is 7.44. The molecule has 36 heavy (non-hydrogen) atoms. The molecule has 0 saturated carbocycles. The highest BCUT2D eigenvalue weighted by Crippen LogP contribution is 2.33. The number of benzene rings is 3. The molecule has 3 rings (SSSR count). The highest BCUT2D eigenvalue weighted by atomic mass is 32.2. The van der Waals surface area contributed by atoms with Gasteiger partial charge in [0.1, 0.15) is 12.3 Å². The van der Waals surface area contributed by atoms with Crippen molar-refractivity contribution < 1.29 is 27.4 Å². The maximum Gasteiger partial charge on any atom is 0.264 e. The molecule has 0 aliphatic rings. The molecular formula is C27H32N2O6S. The Kier molecular flexibility index (Phi) is 9.19. The number of hydrogen-bond acceptors (Lipinski definition) is 6. The molecule has 0 aliphatic carbocycles. The van der Waals surface area contributed by atoms with Crippen molar-refractivity contribution in [2.24, 2.45) is 0 Å². The second kappa shape index (κ2) is 12.3. The van der Waals surface area contributed by atoms with Crippen LogP contribution in [-0.2, 0) is 21.2 Å². The first kappa shape index (κ1) is 26.9. The number of sulfonamides is 1. The van der Waals surface area contributed by atoms with Crippen LogP contribution >= 0.6 is 0 Å². The minimum Gasteiger partial charge on any atom is -0.497 e. The van der Waals surface area contributed by atoms with E-state index in [2.05, 4.69) is 5.32 Å². The van der Waals surface area contributed by atoms with Crippen LogP contribution in [-0.4, -0.2) is 48.7 Å². The lowest BCUT2D eigenvalue weighted by Crippen LogP contribution is -2.41. The van der Waals surface area contributed by atoms with E-state index in [1.54, 1.807) is 37.4 Å². The summed E-state index contributed by atoms with van der Waals surface area (Å²) in [6.07, 6.45) is 1.44. The highest BCUT2D eigenvalue weighted by molar-refractivity contribution is 7.92. The molecule has 3 aromatic rings. The molecule has 0 aromatic heterocycles. The Bertz CT molecular complexity index is 1280. The quantitative estimate of drug-likeness (QED) is 0.369. The molecule has 3 aromatic carbocycles. The smallest absolute Gasteiger partial charge is 0.264 e. The Morgan fingerprint density at radius 2 is 1.61 bits per heavy atom. The predicted molar refractivity (Wildman–Crippen MR) is 140 cm³/mol. The van der Waals surface area contributed by atoms with Gasteiger partial charge in [0.15, 0.2) is 11.5 Å². The van der Waals surface area contributed by atoms with Crippen molar-refractivity contribution >= 4 is 21.6 Å². The number of aryl methyl sites for hydroxylation is 2. The Morgan fingerprint density at radius 3 is 2.28 bits per heavy atom. The molecule has 0 unspecified atom stereocenters. The summed E-state index contributed by atoms with van der Waals surface area (Å²) in [6, 6.07) is 19.0. The van der Waals surface area contributed by atoms with Gasteiger partial charge in [0.05, 0.1) is 31.9 Å². The first-order chi connectivity index (χ1) is 17.3. The van der Waals surface area contributed by atoms with Gasteiger partial charge < -0.3 is 19.5 Å². The average Bonchev–Trinajstić information content (AvgIpc) is 2.89. The molecule has 0 heterocycles. The lowest BCUT2D eigenvalue weighted by molar-refractivity contribution is -0.119. The molecule has 1 amide bonds. The Hall–Kier alpha value is -3.72. The summed E-state index contributed by atoms with van der Waals surface area (Å²) in [5.74, 6) is 1.18. The van der Waals surface area contributed by atoms with Crippen molar-refractivity contribution in [3.8, 4) is 17.2 Å². The highest BCUT2D eigenvalue weighted by Gasteiger charge is 2.28. The van der Waals surface area contributed by atoms with E-state index >= 15 is 0 Å². The van der Waals surface area contributed by atoms with Crippen molar-refractivity contribution in [3.05, 3.63) is 77.9 Å². The van der Waals surface area contributed by atoms with Crippen molar-refractivity contribution in [2.75, 3.05) is 38.7 Å². The molecule has 9 heteroatoms. The number of amides is 1. The predicted octanol–water partition coefficient (Wildman–Crippen LogP) is 3.97. The number of ether oxygens (including phenoxy) is 3. The van der Waals surface area contributed by atoms with E-state index in [0.29, 0.717) is 30.2 Å². The van der Waals surface area contributed by atoms with E-state index in [1.165, 1.54) is 26.4 Å². The zero-order valence-electron chi connectivity index (χ0n) is 21.0. The average molecular weight is 513 g/mol. The normalized spacial score (nSPS) is 11.0. The standard InChI is InChI=1S/C27H32N2O6S/c1-20-10-13-24(14-11-20)36(31,32)29(22-12-15-25(34-3)26(18-22)35-4)19-27(30)28-16-6-8-21-7-5-9-23(17-21)33-2/h5,7,9-15,17-18H,6,8,16,19H2,1-4H3,(H,28,30). The number of carbonyl (C=O) groups is 1. The molecule has 8 nitrogen and oxygen atoms in total. The zero-order chi connectivity index (χ0) is 26.1. The third-order valence-electron chi connectivity index (χ3n) is 5.65. The fourth-order valence-electron chi connectivity index (χ4n) is 3.67. The minimum atomic E-state index is -4.03. The second-order valence-electron chi connectivity index (χ2n) is 8.17. The zero-order valence-corrected chi connectivity index (χ0v) is 21.8. The topological polar surface area (TPSA) is 94.2 Å². The van der Waals surface area contributed by atoms with Crippen LogP contribution < -0.4 is 23.8 Å². The maximum atomic E-state index is 13.6. The fourth-order valence-corrected chi connectivity index (χ4v) is 5.08. The first-order valence-corrected chi connectivity index (χ1v) is 12.9. The van der Waals surface area contributed by atoms with E-state index < -0.39 is 15.9 Å². The van der Waals surface area contributed by atoms with Gasteiger partial charge in [0.2, 0.25) is 5.91 Å². The van der Waals surface area contributed by atoms with E-state index in [9.17, 15) is 13.2 Å². The molecule has 0 radical (unpaired) electrons. The minimum absolute atomic E-state index is 0.0914. The molecule has 0 saturated heterocycles. The SMILES string of the molecule is COc1cccc(CCCNC(=O)CN(c2ccc(OC)c(OC)c2)S(=O)(=O)c2ccc(C)cc2)c1. The van der Waals surface area contributed by atoms with Gasteiger partial charge in [0, 0.05) is 12.6 Å². The first-order valence-electron chi connectivity index (χ1n) is 11.5. The van der Waals surface area contributed by atoms with Gasteiger partial charge in [-0.15, -0.1) is 0 Å². The molecule has 0 aliphatic heterocycles. The van der Waals surface area contributed by atoms with Crippen LogP contribution in [0.15, 0.2) is 71.6 Å². The van der Waals surface area contributed by atoms with Crippen LogP contribution in [0.1, 0.15) is 17.5 Å². The number of methoxy groups -OCH3 is 3. The van der Waals surface area contributed by atoms with Crippen molar-refractivity contribution in [1.82, 2.24) is 5.32 Å². The summed E-state index contributed by atoms with van der Waals surface area (Å²) in [6.45, 7) is 1.90. The van der Waals surface area contributed by atoms with E-state index in [-0.39, 0.29) is 11.4 Å². The van der Waals surface area contributed by atoms with E-state index in [4.69, 9.17) is 14.2 Å². The largest absolute Gasteiger partial charge is 0.497 e. The molecule has 0 spiro atoms. The van der Waals surface area contributed by atoms with E-state index in [0.717, 1.165) is 27.6 Å². The third kappa shape index (κ3) is 6.69. The van der Waals surface area contributed by atoms with Crippen molar-refractivity contribution in [1.29, 1.82) is 0 Å². The van der Waals surface area contributed by atoms with Crippen LogP contribution in [0, 0.1) is 6.92 Å². The van der Waals surface area contributed by atoms with Crippen LogP contribution in [0.5, 0.6) is 17.2 Å². The Balaban J connectivity index is 1.77. The van der Waals surface area contributed by atoms with Gasteiger partial charge in [-0.3, -0.25) is 9.10 Å². The monoisotopic (exact) mass is 512 g/mol. The second-order valence-corrected chi connectivity index (χ2v) is 10.0. The van der Waals surface area contributed by atoms with Crippen molar-refractivity contribution in [3.63, 3.8) is 0 Å².